The number of nitrogens with one attached hydrogen (secondary N) is 2. The molecule has 1 aromatic heterocycles. The summed E-state index contributed by atoms with van der Waals surface area (Å²) in [5.74, 6) is 0.00240. The van der Waals surface area contributed by atoms with Crippen molar-refractivity contribution in [2.45, 2.75) is 26.7 Å². The number of amides is 1. The molecule has 2 aromatic rings. The molecule has 1 heterocycles. The standard InChI is InChI=1S/C15H18N4O2/c1-10-14(11(2)18-17-10)6-7-15(21)19-16-9-12-4-3-5-13(20)8-12/h3-5,8-9,20H,6-7H2,1-2H3,(H,17,18)(H,19,21)/b16-9+. The maximum Gasteiger partial charge on any atom is 0.240 e. The van der Waals surface area contributed by atoms with Gasteiger partial charge in [0.2, 0.25) is 5.91 Å². The van der Waals surface area contributed by atoms with Crippen molar-refractivity contribution in [1.29, 1.82) is 0 Å². The number of rotatable bonds is 5. The van der Waals surface area contributed by atoms with Crippen LogP contribution in [0.4, 0.5) is 0 Å². The first-order chi connectivity index (χ1) is 10.1. The van der Waals surface area contributed by atoms with E-state index >= 15 is 0 Å². The van der Waals surface area contributed by atoms with Gasteiger partial charge in [-0.2, -0.15) is 10.2 Å². The van der Waals surface area contributed by atoms with Gasteiger partial charge in [0, 0.05) is 12.1 Å². The third-order valence-electron chi connectivity index (χ3n) is 3.16. The first-order valence-electron chi connectivity index (χ1n) is 6.67. The number of nitrogens with zero attached hydrogens (tertiary/aromatic N) is 2. The highest BCUT2D eigenvalue weighted by molar-refractivity contribution is 5.82. The molecular weight excluding hydrogens is 268 g/mol. The second-order valence-electron chi connectivity index (χ2n) is 4.80. The minimum atomic E-state index is -0.161. The molecule has 2 rings (SSSR count). The zero-order valence-electron chi connectivity index (χ0n) is 12.1. The molecule has 21 heavy (non-hydrogen) atoms. The molecule has 0 unspecified atom stereocenters. The number of aromatic amines is 1. The van der Waals surface area contributed by atoms with Crippen molar-refractivity contribution in [3.8, 4) is 5.75 Å². The summed E-state index contributed by atoms with van der Waals surface area (Å²) < 4.78 is 0. The van der Waals surface area contributed by atoms with Crippen LogP contribution in [-0.2, 0) is 11.2 Å². The Morgan fingerprint density at radius 2 is 2.29 bits per heavy atom. The zero-order chi connectivity index (χ0) is 15.2. The minimum Gasteiger partial charge on any atom is -0.508 e. The monoisotopic (exact) mass is 286 g/mol. The maximum absolute atomic E-state index is 11.7. The van der Waals surface area contributed by atoms with Crippen LogP contribution in [0.15, 0.2) is 29.4 Å². The predicted molar refractivity (Wildman–Crippen MR) is 80.2 cm³/mol. The lowest BCUT2D eigenvalue weighted by molar-refractivity contribution is -0.121. The molecule has 0 saturated carbocycles. The van der Waals surface area contributed by atoms with Crippen LogP contribution in [0.25, 0.3) is 0 Å². The van der Waals surface area contributed by atoms with E-state index in [2.05, 4.69) is 20.7 Å². The molecule has 110 valence electrons. The van der Waals surface area contributed by atoms with Crippen molar-refractivity contribution < 1.29 is 9.90 Å². The Morgan fingerprint density at radius 3 is 2.95 bits per heavy atom. The largest absolute Gasteiger partial charge is 0.508 e. The number of hydrazone groups is 1. The minimum absolute atomic E-state index is 0.161. The van der Waals surface area contributed by atoms with E-state index in [0.717, 1.165) is 22.5 Å². The van der Waals surface area contributed by atoms with Crippen molar-refractivity contribution in [1.82, 2.24) is 15.6 Å². The van der Waals surface area contributed by atoms with Crippen LogP contribution in [0.2, 0.25) is 0 Å². The van der Waals surface area contributed by atoms with Gasteiger partial charge in [-0.25, -0.2) is 5.43 Å². The van der Waals surface area contributed by atoms with Gasteiger partial charge in [0.1, 0.15) is 5.75 Å². The highest BCUT2D eigenvalue weighted by Crippen LogP contribution is 2.11. The van der Waals surface area contributed by atoms with Gasteiger partial charge in [-0.1, -0.05) is 12.1 Å². The molecule has 0 spiro atoms. The molecule has 1 amide bonds. The normalized spacial score (nSPS) is 11.0. The van der Waals surface area contributed by atoms with E-state index in [-0.39, 0.29) is 11.7 Å². The number of carbonyl (C=O) groups excluding carboxylic acids is 1. The van der Waals surface area contributed by atoms with Gasteiger partial charge >= 0.3 is 0 Å². The average molecular weight is 286 g/mol. The van der Waals surface area contributed by atoms with Crippen LogP contribution in [0.5, 0.6) is 5.75 Å². The fourth-order valence-corrected chi connectivity index (χ4v) is 2.02. The van der Waals surface area contributed by atoms with Gasteiger partial charge in [0.05, 0.1) is 11.9 Å². The number of aromatic nitrogens is 2. The molecule has 6 nitrogen and oxygen atoms in total. The highest BCUT2D eigenvalue weighted by Gasteiger charge is 2.08. The van der Waals surface area contributed by atoms with Crippen LogP contribution in [-0.4, -0.2) is 27.4 Å². The van der Waals surface area contributed by atoms with Crippen molar-refractivity contribution in [2.75, 3.05) is 0 Å². The number of aromatic hydroxyl groups is 1. The molecule has 1 aromatic carbocycles. The molecule has 0 radical (unpaired) electrons. The second kappa shape index (κ2) is 6.69. The SMILES string of the molecule is Cc1n[nH]c(C)c1CCC(=O)N/N=C/c1cccc(O)c1. The van der Waals surface area contributed by atoms with Crippen LogP contribution in [0, 0.1) is 13.8 Å². The van der Waals surface area contributed by atoms with Crippen LogP contribution in [0.1, 0.15) is 28.9 Å². The van der Waals surface area contributed by atoms with Gasteiger partial charge in [-0.05, 0) is 43.5 Å². The molecule has 0 atom stereocenters. The summed E-state index contributed by atoms with van der Waals surface area (Å²) in [5.41, 5.74) is 6.17. The molecule has 3 N–H and O–H groups in total. The quantitative estimate of drug-likeness (QED) is 0.578. The van der Waals surface area contributed by atoms with E-state index < -0.39 is 0 Å². The summed E-state index contributed by atoms with van der Waals surface area (Å²) in [6.45, 7) is 3.85. The van der Waals surface area contributed by atoms with Crippen LogP contribution < -0.4 is 5.43 Å². The first-order valence-corrected chi connectivity index (χ1v) is 6.67. The van der Waals surface area contributed by atoms with Gasteiger partial charge in [-0.15, -0.1) is 0 Å². The number of hydrogen-bond donors (Lipinski definition) is 3. The Morgan fingerprint density at radius 1 is 1.48 bits per heavy atom. The molecule has 0 bridgehead atoms. The van der Waals surface area contributed by atoms with Crippen molar-refractivity contribution in [3.63, 3.8) is 0 Å². The molecule has 0 aliphatic rings. The molecule has 0 aliphatic carbocycles. The van der Waals surface area contributed by atoms with Crippen molar-refractivity contribution in [2.24, 2.45) is 5.10 Å². The maximum atomic E-state index is 11.7. The molecule has 0 fully saturated rings. The summed E-state index contributed by atoms with van der Waals surface area (Å²) in [6, 6.07) is 6.63. The second-order valence-corrected chi connectivity index (χ2v) is 4.80. The number of aryl methyl sites for hydroxylation is 2. The smallest absolute Gasteiger partial charge is 0.240 e. The van der Waals surface area contributed by atoms with Gasteiger partial charge in [0.25, 0.3) is 0 Å². The average Bonchev–Trinajstić information content (AvgIpc) is 2.76. The van der Waals surface area contributed by atoms with E-state index in [4.69, 9.17) is 0 Å². The lowest BCUT2D eigenvalue weighted by Gasteiger charge is -2.01. The summed E-state index contributed by atoms with van der Waals surface area (Å²) in [4.78, 5) is 11.7. The molecular formula is C15H18N4O2. The molecule has 0 aliphatic heterocycles. The van der Waals surface area contributed by atoms with E-state index in [0.29, 0.717) is 12.8 Å². The van der Waals surface area contributed by atoms with E-state index in [1.54, 1.807) is 24.3 Å². The Hall–Kier alpha value is -2.63. The van der Waals surface area contributed by atoms with Crippen LogP contribution >= 0.6 is 0 Å². The highest BCUT2D eigenvalue weighted by atomic mass is 16.3. The number of phenols is 1. The number of phenolic OH excluding ortho intramolecular Hbond substituents is 1. The Bertz CT molecular complexity index is 642. The Kier molecular flexibility index (Phi) is 4.71. The number of H-pyrrole nitrogens is 1. The van der Waals surface area contributed by atoms with E-state index in [1.807, 2.05) is 13.8 Å². The van der Waals surface area contributed by atoms with E-state index in [9.17, 15) is 9.90 Å². The third kappa shape index (κ3) is 4.17. The first kappa shape index (κ1) is 14.8. The van der Waals surface area contributed by atoms with Gasteiger partial charge in [0.15, 0.2) is 0 Å². The summed E-state index contributed by atoms with van der Waals surface area (Å²) in [7, 11) is 0. The topological polar surface area (TPSA) is 90.4 Å². The van der Waals surface area contributed by atoms with Gasteiger partial charge in [-0.3, -0.25) is 9.89 Å². The fraction of sp³-hybridized carbons (Fsp3) is 0.267. The van der Waals surface area contributed by atoms with Crippen molar-refractivity contribution >= 4 is 12.1 Å². The number of carbonyl (C=O) groups is 1. The summed E-state index contributed by atoms with van der Waals surface area (Å²) in [6.07, 6.45) is 2.46. The van der Waals surface area contributed by atoms with E-state index in [1.165, 1.54) is 6.21 Å². The number of hydrogen-bond acceptors (Lipinski definition) is 4. The summed E-state index contributed by atoms with van der Waals surface area (Å²) in [5, 5.41) is 20.2. The summed E-state index contributed by atoms with van der Waals surface area (Å²) >= 11 is 0. The fourth-order valence-electron chi connectivity index (χ4n) is 2.02. The Labute approximate surface area is 122 Å². The van der Waals surface area contributed by atoms with Gasteiger partial charge < -0.3 is 5.11 Å². The van der Waals surface area contributed by atoms with Crippen molar-refractivity contribution in [3.05, 3.63) is 46.8 Å². The molecule has 6 heteroatoms. The Balaban J connectivity index is 1.83. The molecule has 0 saturated heterocycles. The number of benzene rings is 1. The third-order valence-corrected chi connectivity index (χ3v) is 3.16. The lowest BCUT2D eigenvalue weighted by Crippen LogP contribution is -2.18. The predicted octanol–water partition coefficient (Wildman–Crippen LogP) is 1.82. The lowest BCUT2D eigenvalue weighted by atomic mass is 10.1. The van der Waals surface area contributed by atoms with Crippen LogP contribution in [0.3, 0.4) is 0 Å². The zero-order valence-corrected chi connectivity index (χ0v) is 12.1.